The van der Waals surface area contributed by atoms with Crippen LogP contribution in [0.1, 0.15) is 5.56 Å². The minimum Gasteiger partial charge on any atom is -0.480 e. The summed E-state index contributed by atoms with van der Waals surface area (Å²) in [6.45, 7) is 1.82. The Balaban J connectivity index is 0.000000237. The van der Waals surface area contributed by atoms with Gasteiger partial charge in [0.05, 0.1) is 29.4 Å². The zero-order valence-electron chi connectivity index (χ0n) is 15.0. The first kappa shape index (κ1) is 22.3. The van der Waals surface area contributed by atoms with Gasteiger partial charge in [-0.25, -0.2) is 14.4 Å². The van der Waals surface area contributed by atoms with E-state index in [-0.39, 0.29) is 11.1 Å². The summed E-state index contributed by atoms with van der Waals surface area (Å²) in [6, 6.07) is 4.64. The van der Waals surface area contributed by atoms with Crippen molar-refractivity contribution in [3.63, 3.8) is 0 Å². The van der Waals surface area contributed by atoms with Crippen LogP contribution in [0.5, 0.6) is 11.8 Å². The Morgan fingerprint density at radius 1 is 0.964 bits per heavy atom. The fourth-order valence-electron chi connectivity index (χ4n) is 1.97. The molecule has 0 atom stereocenters. The lowest BCUT2D eigenvalue weighted by Crippen LogP contribution is -2.00. The Bertz CT molecular complexity index is 945. The fraction of sp³-hybridized carbons (Fsp3) is 0.176. The number of aromatic nitrogens is 4. The summed E-state index contributed by atoms with van der Waals surface area (Å²) in [6.07, 6.45) is 3.11. The third-order valence-electron chi connectivity index (χ3n) is 3.08. The Morgan fingerprint density at radius 3 is 2.14 bits per heavy atom. The number of anilines is 2. The van der Waals surface area contributed by atoms with Crippen LogP contribution in [0.25, 0.3) is 0 Å². The quantitative estimate of drug-likeness (QED) is 0.452. The molecule has 3 aromatic rings. The number of methoxy groups -OCH3 is 2. The predicted octanol–water partition coefficient (Wildman–Crippen LogP) is 5.34. The van der Waals surface area contributed by atoms with Crippen molar-refractivity contribution in [2.24, 2.45) is 0 Å². The van der Waals surface area contributed by atoms with E-state index in [9.17, 15) is 4.39 Å². The van der Waals surface area contributed by atoms with Crippen LogP contribution in [0.3, 0.4) is 0 Å². The van der Waals surface area contributed by atoms with Crippen molar-refractivity contribution in [1.82, 2.24) is 19.9 Å². The van der Waals surface area contributed by atoms with Gasteiger partial charge in [0, 0.05) is 11.9 Å². The van der Waals surface area contributed by atoms with Gasteiger partial charge >= 0.3 is 0 Å². The van der Waals surface area contributed by atoms with Crippen molar-refractivity contribution < 1.29 is 13.9 Å². The summed E-state index contributed by atoms with van der Waals surface area (Å²) < 4.78 is 24.5. The molecule has 0 saturated heterocycles. The lowest BCUT2D eigenvalue weighted by molar-refractivity contribution is 0.394. The van der Waals surface area contributed by atoms with Gasteiger partial charge in [0.1, 0.15) is 5.82 Å². The molecule has 2 aromatic heterocycles. The van der Waals surface area contributed by atoms with Crippen LogP contribution < -0.4 is 14.8 Å². The number of ether oxygens (including phenoxy) is 2. The number of aryl methyl sites for hydroxylation is 1. The molecule has 0 radical (unpaired) electrons. The third-order valence-corrected chi connectivity index (χ3v) is 4.35. The number of halogens is 4. The Labute approximate surface area is 183 Å². The standard InChI is InChI=1S/C12H11BrFN3O.C5H4BrClN2O/c1-7-3-8(14)5-9(4-7)16-12-15-6-10(13)11(17-12)18-2;1-10-4-3(6)2-8-5(7)9-4/h3-6H,1-2H3,(H,15,16,17);2H,1H3. The van der Waals surface area contributed by atoms with Crippen molar-refractivity contribution in [3.05, 3.63) is 56.2 Å². The summed E-state index contributed by atoms with van der Waals surface area (Å²) in [5.74, 6) is 0.905. The molecular weight excluding hydrogens is 520 g/mol. The molecule has 0 bridgehead atoms. The molecule has 0 amide bonds. The molecule has 0 aliphatic heterocycles. The van der Waals surface area contributed by atoms with Crippen LogP contribution in [-0.2, 0) is 0 Å². The molecule has 7 nitrogen and oxygen atoms in total. The third kappa shape index (κ3) is 6.54. The van der Waals surface area contributed by atoms with Crippen LogP contribution in [0.2, 0.25) is 5.28 Å². The highest BCUT2D eigenvalue weighted by atomic mass is 79.9. The van der Waals surface area contributed by atoms with E-state index in [1.807, 2.05) is 6.92 Å². The molecule has 2 heterocycles. The second-order valence-electron chi connectivity index (χ2n) is 5.19. The minimum atomic E-state index is -0.304. The first-order valence-electron chi connectivity index (χ1n) is 7.65. The van der Waals surface area contributed by atoms with E-state index >= 15 is 0 Å². The number of nitrogens with zero attached hydrogens (tertiary/aromatic N) is 4. The predicted molar refractivity (Wildman–Crippen MR) is 112 cm³/mol. The van der Waals surface area contributed by atoms with Gasteiger partial charge in [-0.1, -0.05) is 0 Å². The highest BCUT2D eigenvalue weighted by molar-refractivity contribution is 9.10. The van der Waals surface area contributed by atoms with E-state index in [2.05, 4.69) is 57.1 Å². The molecule has 0 aliphatic rings. The van der Waals surface area contributed by atoms with E-state index in [1.165, 1.54) is 32.5 Å². The average molecular weight is 536 g/mol. The molecule has 1 aromatic carbocycles. The molecule has 0 spiro atoms. The fourth-order valence-corrected chi connectivity index (χ4v) is 2.80. The monoisotopic (exact) mass is 533 g/mol. The van der Waals surface area contributed by atoms with Crippen molar-refractivity contribution >= 4 is 55.1 Å². The van der Waals surface area contributed by atoms with Crippen molar-refractivity contribution in [2.75, 3.05) is 19.5 Å². The van der Waals surface area contributed by atoms with Gasteiger partial charge in [-0.3, -0.25) is 0 Å². The van der Waals surface area contributed by atoms with Crippen molar-refractivity contribution in [2.45, 2.75) is 6.92 Å². The summed E-state index contributed by atoms with van der Waals surface area (Å²) >= 11 is 11.9. The number of nitrogens with one attached hydrogen (secondary N) is 1. The maximum atomic E-state index is 13.2. The van der Waals surface area contributed by atoms with Crippen molar-refractivity contribution in [1.29, 1.82) is 0 Å². The number of hydrogen-bond donors (Lipinski definition) is 1. The van der Waals surface area contributed by atoms with Gasteiger partial charge < -0.3 is 14.8 Å². The molecule has 148 valence electrons. The van der Waals surface area contributed by atoms with Crippen LogP contribution >= 0.6 is 43.5 Å². The van der Waals surface area contributed by atoms with Gasteiger partial charge in [0.2, 0.25) is 23.0 Å². The summed E-state index contributed by atoms with van der Waals surface area (Å²) in [4.78, 5) is 15.7. The normalized spacial score (nSPS) is 9.96. The van der Waals surface area contributed by atoms with Gasteiger partial charge in [0.25, 0.3) is 0 Å². The van der Waals surface area contributed by atoms with Gasteiger partial charge in [0.15, 0.2) is 0 Å². The summed E-state index contributed by atoms with van der Waals surface area (Å²) in [7, 11) is 3.03. The van der Waals surface area contributed by atoms with Gasteiger partial charge in [-0.15, -0.1) is 0 Å². The number of rotatable bonds is 4. The lowest BCUT2D eigenvalue weighted by Gasteiger charge is -2.08. The molecule has 0 aliphatic carbocycles. The maximum absolute atomic E-state index is 13.2. The van der Waals surface area contributed by atoms with Crippen molar-refractivity contribution in [3.8, 4) is 11.8 Å². The Kier molecular flexibility index (Phi) is 8.34. The molecule has 1 N–H and O–H groups in total. The first-order chi connectivity index (χ1) is 13.3. The van der Waals surface area contributed by atoms with E-state index in [1.54, 1.807) is 12.3 Å². The average Bonchev–Trinajstić information content (AvgIpc) is 2.65. The maximum Gasteiger partial charge on any atom is 0.232 e. The minimum absolute atomic E-state index is 0.181. The second-order valence-corrected chi connectivity index (χ2v) is 7.24. The zero-order chi connectivity index (χ0) is 20.7. The highest BCUT2D eigenvalue weighted by Crippen LogP contribution is 2.24. The first-order valence-corrected chi connectivity index (χ1v) is 9.61. The molecule has 11 heteroatoms. The van der Waals surface area contributed by atoms with Crippen LogP contribution in [0.15, 0.2) is 39.5 Å². The van der Waals surface area contributed by atoms with E-state index in [0.717, 1.165) is 5.56 Å². The molecule has 28 heavy (non-hydrogen) atoms. The van der Waals surface area contributed by atoms with Gasteiger partial charge in [-0.05, 0) is 74.1 Å². The molecule has 0 fully saturated rings. The SMILES string of the molecule is COc1nc(Cl)ncc1Br.COc1nc(Nc2cc(C)cc(F)c2)ncc1Br. The highest BCUT2D eigenvalue weighted by Gasteiger charge is 2.06. The van der Waals surface area contributed by atoms with Crippen LogP contribution in [-0.4, -0.2) is 34.2 Å². The second kappa shape index (κ2) is 10.5. The van der Waals surface area contributed by atoms with E-state index in [0.29, 0.717) is 32.3 Å². The largest absolute Gasteiger partial charge is 0.480 e. The Morgan fingerprint density at radius 2 is 1.57 bits per heavy atom. The Hall–Kier alpha value is -2.04. The van der Waals surface area contributed by atoms with Crippen LogP contribution in [0, 0.1) is 12.7 Å². The van der Waals surface area contributed by atoms with E-state index < -0.39 is 0 Å². The molecule has 3 rings (SSSR count). The summed E-state index contributed by atoms with van der Waals surface area (Å²) in [5, 5.41) is 3.11. The zero-order valence-corrected chi connectivity index (χ0v) is 18.9. The molecular formula is C17H15Br2ClFN5O2. The topological polar surface area (TPSA) is 82.1 Å². The number of hydrogen-bond acceptors (Lipinski definition) is 7. The van der Waals surface area contributed by atoms with E-state index in [4.69, 9.17) is 21.1 Å². The lowest BCUT2D eigenvalue weighted by atomic mass is 10.2. The molecule has 0 unspecified atom stereocenters. The smallest absolute Gasteiger partial charge is 0.232 e. The van der Waals surface area contributed by atoms with Crippen LogP contribution in [0.4, 0.5) is 16.0 Å². The summed E-state index contributed by atoms with van der Waals surface area (Å²) in [5.41, 5.74) is 1.42. The molecule has 0 saturated carbocycles. The number of benzene rings is 1. The van der Waals surface area contributed by atoms with Gasteiger partial charge in [-0.2, -0.15) is 9.97 Å².